The molecule has 2 aromatic heterocycles. The maximum atomic E-state index is 14.8. The number of carbonyl (C=O) groups is 4. The Morgan fingerprint density at radius 1 is 0.828 bits per heavy atom. The van der Waals surface area contributed by atoms with Crippen LogP contribution in [-0.2, 0) is 33.8 Å². The first-order chi connectivity index (χ1) is 30.4. The molecular formula is C43H42F4N6O11. The smallest absolute Gasteiger partial charge is 0.274 e. The molecule has 0 saturated carbocycles. The number of aromatic hydroxyl groups is 1. The number of aliphatic hydroxyl groups excluding tert-OH is 1. The highest BCUT2D eigenvalue weighted by atomic mass is 19.1. The third-order valence-electron chi connectivity index (χ3n) is 12.5. The van der Waals surface area contributed by atoms with Crippen LogP contribution in [0.5, 0.6) is 11.5 Å². The number of nitrogens with one attached hydrogen (secondary N) is 2. The van der Waals surface area contributed by atoms with Crippen LogP contribution in [0.3, 0.4) is 0 Å². The number of amides is 4. The summed E-state index contributed by atoms with van der Waals surface area (Å²) in [5.41, 5.74) is -8.10. The number of carbonyl (C=O) groups excluding carboxylic acids is 4. The second-order valence-corrected chi connectivity index (χ2v) is 16.6. The van der Waals surface area contributed by atoms with Crippen LogP contribution in [0.25, 0.3) is 0 Å². The van der Waals surface area contributed by atoms with E-state index in [4.69, 9.17) is 14.5 Å². The predicted octanol–water partition coefficient (Wildman–Crippen LogP) is 3.03. The molecule has 0 spiro atoms. The molecular weight excluding hydrogens is 852 g/mol. The molecule has 0 radical (unpaired) electrons. The van der Waals surface area contributed by atoms with Gasteiger partial charge in [-0.25, -0.2) is 17.6 Å². The summed E-state index contributed by atoms with van der Waals surface area (Å²) in [7, 11) is 2.87. The van der Waals surface area contributed by atoms with Crippen LogP contribution in [0.15, 0.2) is 46.0 Å². The van der Waals surface area contributed by atoms with Gasteiger partial charge >= 0.3 is 0 Å². The molecule has 4 aliphatic rings. The summed E-state index contributed by atoms with van der Waals surface area (Å²) in [5.74, 6) is -9.45. The average Bonchev–Trinajstić information content (AvgIpc) is 3.69. The van der Waals surface area contributed by atoms with Gasteiger partial charge in [-0.05, 0) is 32.4 Å². The van der Waals surface area contributed by atoms with E-state index >= 15 is 0 Å². The van der Waals surface area contributed by atoms with Gasteiger partial charge in [0.05, 0.1) is 28.6 Å². The van der Waals surface area contributed by atoms with E-state index in [-0.39, 0.29) is 68.0 Å². The lowest BCUT2D eigenvalue weighted by atomic mass is 9.89. The molecule has 0 aliphatic carbocycles. The molecule has 4 atom stereocenters. The molecule has 338 valence electrons. The summed E-state index contributed by atoms with van der Waals surface area (Å²) in [5, 5.41) is 27.7. The van der Waals surface area contributed by atoms with Crippen molar-refractivity contribution >= 4 is 23.6 Å². The first-order valence-corrected chi connectivity index (χ1v) is 20.2. The fraction of sp³-hybridized carbons (Fsp3) is 0.395. The lowest BCUT2D eigenvalue weighted by Crippen LogP contribution is -2.54. The molecule has 4 N–H and O–H groups in total. The number of pyridine rings is 2. The van der Waals surface area contributed by atoms with Crippen molar-refractivity contribution in [1.29, 1.82) is 0 Å². The molecule has 4 aromatic rings. The molecule has 6 heterocycles. The zero-order valence-electron chi connectivity index (χ0n) is 34.9. The summed E-state index contributed by atoms with van der Waals surface area (Å²) < 4.78 is 64.6. The summed E-state index contributed by atoms with van der Waals surface area (Å²) in [6, 6.07) is 5.30. The van der Waals surface area contributed by atoms with Crippen molar-refractivity contribution in [2.24, 2.45) is 0 Å². The number of hydrogen-bond acceptors (Lipinski definition) is 11. The van der Waals surface area contributed by atoms with E-state index in [1.54, 1.807) is 13.8 Å². The highest BCUT2D eigenvalue weighted by Gasteiger charge is 2.55. The van der Waals surface area contributed by atoms with Gasteiger partial charge in [0.1, 0.15) is 40.5 Å². The molecule has 2 aromatic carbocycles. The first-order valence-electron chi connectivity index (χ1n) is 20.2. The summed E-state index contributed by atoms with van der Waals surface area (Å²) >= 11 is 0. The molecule has 17 nitrogen and oxygen atoms in total. The Labute approximate surface area is 360 Å². The molecule has 8 rings (SSSR count). The summed E-state index contributed by atoms with van der Waals surface area (Å²) in [6.07, 6.45) is -3.13. The topological polar surface area (TPSA) is 211 Å². The molecule has 4 amide bonds. The quantitative estimate of drug-likeness (QED) is 0.0871. The number of benzene rings is 2. The van der Waals surface area contributed by atoms with Gasteiger partial charge in [0.2, 0.25) is 16.6 Å². The standard InChI is InChI=1S/C43H42F4N6O11/c1-5-51-19-43(10-11-62-4)14-26(54)30-28(38(58)48-16-20-6-8-22(44)12-24(20)46)35(56)37(33(41(51)61)53(30)43)64-63-27-15-42(2)18-50(3)40(60)32-36(57)34(55)29(31(27)52(32)42)39(59)49-17-21-7-9-23(45)13-25(21)47/h6-9,12-13,26-27,54,57H,5,10-11,14-19H2,1-4H3,(H,48,58)(H,49,59). The maximum Gasteiger partial charge on any atom is 0.274 e. The van der Waals surface area contributed by atoms with E-state index in [2.05, 4.69) is 10.6 Å². The normalized spacial score (nSPS) is 21.8. The van der Waals surface area contributed by atoms with Gasteiger partial charge in [-0.3, -0.25) is 28.8 Å². The third-order valence-corrected chi connectivity index (χ3v) is 12.5. The maximum absolute atomic E-state index is 14.8. The van der Waals surface area contributed by atoms with Crippen molar-refractivity contribution in [2.75, 3.05) is 40.4 Å². The van der Waals surface area contributed by atoms with Crippen LogP contribution in [0.2, 0.25) is 0 Å². The van der Waals surface area contributed by atoms with Crippen molar-refractivity contribution in [3.05, 3.63) is 125 Å². The van der Waals surface area contributed by atoms with Gasteiger partial charge < -0.3 is 49.4 Å². The minimum absolute atomic E-state index is 0.0130. The number of ether oxygens (including phenoxy) is 1. The Morgan fingerprint density at radius 3 is 1.98 bits per heavy atom. The highest BCUT2D eigenvalue weighted by molar-refractivity contribution is 6.02. The summed E-state index contributed by atoms with van der Waals surface area (Å²) in [6.45, 7) is 2.45. The Balaban J connectivity index is 1.26. The fourth-order valence-electron chi connectivity index (χ4n) is 9.56. The van der Waals surface area contributed by atoms with E-state index in [9.17, 15) is 56.5 Å². The van der Waals surface area contributed by atoms with E-state index in [1.807, 2.05) is 0 Å². The lowest BCUT2D eigenvalue weighted by Gasteiger charge is -2.43. The van der Waals surface area contributed by atoms with E-state index in [0.29, 0.717) is 12.1 Å². The van der Waals surface area contributed by atoms with Crippen LogP contribution in [-0.4, -0.2) is 93.2 Å². The average molecular weight is 895 g/mol. The van der Waals surface area contributed by atoms with Crippen molar-refractivity contribution in [3.63, 3.8) is 0 Å². The van der Waals surface area contributed by atoms with Gasteiger partial charge in [0.25, 0.3) is 23.6 Å². The monoisotopic (exact) mass is 894 g/mol. The van der Waals surface area contributed by atoms with Gasteiger partial charge in [0.15, 0.2) is 17.1 Å². The van der Waals surface area contributed by atoms with Gasteiger partial charge in [-0.1, -0.05) is 12.1 Å². The Kier molecular flexibility index (Phi) is 11.1. The first kappa shape index (κ1) is 44.0. The Morgan fingerprint density at radius 2 is 1.42 bits per heavy atom. The minimum atomic E-state index is -1.53. The van der Waals surface area contributed by atoms with Crippen LogP contribution in [0.4, 0.5) is 17.6 Å². The minimum Gasteiger partial charge on any atom is -0.503 e. The zero-order chi connectivity index (χ0) is 46.2. The van der Waals surface area contributed by atoms with E-state index in [1.165, 1.54) is 33.1 Å². The number of nitrogens with zero attached hydrogens (tertiary/aromatic N) is 4. The number of rotatable bonds is 13. The van der Waals surface area contributed by atoms with Gasteiger partial charge in [0, 0.05) is 89.6 Å². The molecule has 0 bridgehead atoms. The molecule has 4 aliphatic heterocycles. The van der Waals surface area contributed by atoms with Crippen molar-refractivity contribution in [2.45, 2.75) is 69.5 Å². The van der Waals surface area contributed by atoms with E-state index < -0.39 is 128 Å². The molecule has 21 heteroatoms. The van der Waals surface area contributed by atoms with Crippen LogP contribution >= 0.6 is 0 Å². The number of halogens is 4. The number of hydrogen-bond donors (Lipinski definition) is 4. The van der Waals surface area contributed by atoms with Gasteiger partial charge in [-0.15, -0.1) is 0 Å². The fourth-order valence-corrected chi connectivity index (χ4v) is 9.56. The predicted molar refractivity (Wildman–Crippen MR) is 213 cm³/mol. The number of aromatic nitrogens is 2. The van der Waals surface area contributed by atoms with E-state index in [0.717, 1.165) is 24.3 Å². The van der Waals surface area contributed by atoms with Crippen LogP contribution < -0.4 is 26.4 Å². The number of aliphatic hydroxyl groups is 1. The molecule has 0 saturated heterocycles. The second kappa shape index (κ2) is 16.2. The number of likely N-dealkylation sites (N-methyl/N-ethyl adjacent to an activating group) is 2. The third kappa shape index (κ3) is 6.97. The lowest BCUT2D eigenvalue weighted by molar-refractivity contribution is -0.250. The highest BCUT2D eigenvalue weighted by Crippen LogP contribution is 2.50. The molecule has 64 heavy (non-hydrogen) atoms. The Bertz CT molecular complexity index is 2800. The van der Waals surface area contributed by atoms with Crippen LogP contribution in [0, 0.1) is 23.3 Å². The van der Waals surface area contributed by atoms with Crippen molar-refractivity contribution in [3.8, 4) is 11.5 Å². The SMILES string of the molecule is CCN1CC2(CCOC)CC(O)c3c(C(=O)NCc4ccc(F)cc4F)c(=O)c(OOC4CC5(C)CN(C)C(=O)c6c(O)c(=O)c(C(=O)NCc7ccc(F)cc7F)c4n65)c(n32)C1=O. The van der Waals surface area contributed by atoms with Crippen LogP contribution in [0.1, 0.15) is 110 Å². The van der Waals surface area contributed by atoms with Crippen molar-refractivity contribution in [1.82, 2.24) is 29.6 Å². The van der Waals surface area contributed by atoms with Crippen molar-refractivity contribution < 1.29 is 61.5 Å². The summed E-state index contributed by atoms with van der Waals surface area (Å²) in [4.78, 5) is 99.3. The Hall–Kier alpha value is -6.58. The van der Waals surface area contributed by atoms with Gasteiger partial charge in [-0.2, -0.15) is 4.89 Å². The number of methoxy groups -OCH3 is 1. The molecule has 0 fully saturated rings. The molecule has 4 unspecified atom stereocenters. The largest absolute Gasteiger partial charge is 0.503 e. The second-order valence-electron chi connectivity index (χ2n) is 16.6. The zero-order valence-corrected chi connectivity index (χ0v) is 34.9.